The first kappa shape index (κ1) is 13.2. The minimum Gasteiger partial charge on any atom is -0.326 e. The van der Waals surface area contributed by atoms with E-state index in [0.717, 1.165) is 21.1 Å². The van der Waals surface area contributed by atoms with Gasteiger partial charge in [-0.2, -0.15) is 0 Å². The standard InChI is InChI=1S/C14H17FN2S/c1-8(2)13-12(7-16)18-14(17-13)10-6-9(3)4-5-11(10)15/h4-6,8H,7,16H2,1-3H3. The summed E-state index contributed by atoms with van der Waals surface area (Å²) in [5.41, 5.74) is 8.31. The van der Waals surface area contributed by atoms with E-state index in [1.165, 1.54) is 17.4 Å². The van der Waals surface area contributed by atoms with Crippen LogP contribution in [-0.4, -0.2) is 4.98 Å². The van der Waals surface area contributed by atoms with E-state index in [1.807, 2.05) is 13.0 Å². The molecule has 2 nitrogen and oxygen atoms in total. The van der Waals surface area contributed by atoms with Gasteiger partial charge in [0.1, 0.15) is 10.8 Å². The van der Waals surface area contributed by atoms with Crippen molar-refractivity contribution in [1.29, 1.82) is 0 Å². The van der Waals surface area contributed by atoms with Gasteiger partial charge in [0.15, 0.2) is 0 Å². The smallest absolute Gasteiger partial charge is 0.133 e. The fraction of sp³-hybridized carbons (Fsp3) is 0.357. The summed E-state index contributed by atoms with van der Waals surface area (Å²) < 4.78 is 13.8. The zero-order chi connectivity index (χ0) is 13.3. The van der Waals surface area contributed by atoms with Gasteiger partial charge in [0.2, 0.25) is 0 Å². The Kier molecular flexibility index (Phi) is 3.78. The van der Waals surface area contributed by atoms with Gasteiger partial charge < -0.3 is 5.73 Å². The number of hydrogen-bond donors (Lipinski definition) is 1. The average molecular weight is 264 g/mol. The Morgan fingerprint density at radius 2 is 2.11 bits per heavy atom. The number of nitrogens with zero attached hydrogens (tertiary/aromatic N) is 1. The molecule has 2 N–H and O–H groups in total. The Labute approximate surface area is 111 Å². The number of aryl methyl sites for hydroxylation is 1. The van der Waals surface area contributed by atoms with E-state index < -0.39 is 0 Å². The van der Waals surface area contributed by atoms with Crippen molar-refractivity contribution < 1.29 is 4.39 Å². The summed E-state index contributed by atoms with van der Waals surface area (Å²) in [5.74, 6) is 0.0784. The molecule has 2 rings (SSSR count). The Hall–Kier alpha value is -1.26. The van der Waals surface area contributed by atoms with E-state index in [0.29, 0.717) is 18.0 Å². The van der Waals surface area contributed by atoms with Crippen LogP contribution in [0.15, 0.2) is 18.2 Å². The summed E-state index contributed by atoms with van der Waals surface area (Å²) in [7, 11) is 0. The number of thiazole rings is 1. The minimum atomic E-state index is -0.228. The van der Waals surface area contributed by atoms with Crippen LogP contribution in [0.25, 0.3) is 10.6 Å². The topological polar surface area (TPSA) is 38.9 Å². The molecule has 1 heterocycles. The fourth-order valence-electron chi connectivity index (χ4n) is 1.88. The SMILES string of the molecule is Cc1ccc(F)c(-c2nc(C(C)C)c(CN)s2)c1. The van der Waals surface area contributed by atoms with Crippen molar-refractivity contribution in [3.8, 4) is 10.6 Å². The molecule has 96 valence electrons. The molecule has 0 aliphatic rings. The molecule has 0 fully saturated rings. The lowest BCUT2D eigenvalue weighted by Crippen LogP contribution is -1.99. The average Bonchev–Trinajstić information content (AvgIpc) is 2.76. The van der Waals surface area contributed by atoms with E-state index in [1.54, 1.807) is 6.07 Å². The molecule has 0 saturated heterocycles. The van der Waals surface area contributed by atoms with Crippen LogP contribution in [-0.2, 0) is 6.54 Å². The van der Waals surface area contributed by atoms with Gasteiger partial charge in [0.25, 0.3) is 0 Å². The largest absolute Gasteiger partial charge is 0.326 e. The fourth-order valence-corrected chi connectivity index (χ4v) is 2.99. The zero-order valence-electron chi connectivity index (χ0n) is 10.8. The Balaban J connectivity index is 2.54. The zero-order valence-corrected chi connectivity index (χ0v) is 11.6. The van der Waals surface area contributed by atoms with Crippen molar-refractivity contribution in [1.82, 2.24) is 4.98 Å². The lowest BCUT2D eigenvalue weighted by Gasteiger charge is -2.02. The predicted octanol–water partition coefficient (Wildman–Crippen LogP) is 3.84. The molecule has 0 aliphatic heterocycles. The molecule has 0 radical (unpaired) electrons. The van der Waals surface area contributed by atoms with Gasteiger partial charge in [0.05, 0.1) is 5.69 Å². The van der Waals surface area contributed by atoms with Gasteiger partial charge in [-0.15, -0.1) is 11.3 Å². The third kappa shape index (κ3) is 2.44. The van der Waals surface area contributed by atoms with Crippen molar-refractivity contribution in [3.63, 3.8) is 0 Å². The number of rotatable bonds is 3. The molecular formula is C14H17FN2S. The molecular weight excluding hydrogens is 247 g/mol. The quantitative estimate of drug-likeness (QED) is 0.914. The number of halogens is 1. The van der Waals surface area contributed by atoms with Crippen LogP contribution in [0.2, 0.25) is 0 Å². The van der Waals surface area contributed by atoms with Gasteiger partial charge in [-0.1, -0.05) is 25.5 Å². The highest BCUT2D eigenvalue weighted by molar-refractivity contribution is 7.15. The van der Waals surface area contributed by atoms with Crippen molar-refractivity contribution in [2.45, 2.75) is 33.2 Å². The van der Waals surface area contributed by atoms with Gasteiger partial charge in [-0.3, -0.25) is 0 Å². The van der Waals surface area contributed by atoms with Gasteiger partial charge in [-0.05, 0) is 25.0 Å². The summed E-state index contributed by atoms with van der Waals surface area (Å²) in [6.45, 7) is 6.55. The van der Waals surface area contributed by atoms with E-state index in [2.05, 4.69) is 18.8 Å². The van der Waals surface area contributed by atoms with Crippen molar-refractivity contribution in [2.24, 2.45) is 5.73 Å². The van der Waals surface area contributed by atoms with Gasteiger partial charge >= 0.3 is 0 Å². The van der Waals surface area contributed by atoms with Crippen LogP contribution in [0.3, 0.4) is 0 Å². The normalized spacial score (nSPS) is 11.2. The predicted molar refractivity (Wildman–Crippen MR) is 74.2 cm³/mol. The molecule has 0 bridgehead atoms. The Morgan fingerprint density at radius 1 is 1.39 bits per heavy atom. The molecule has 2 aromatic rings. The molecule has 0 unspecified atom stereocenters. The van der Waals surface area contributed by atoms with Crippen molar-refractivity contribution in [3.05, 3.63) is 40.2 Å². The highest BCUT2D eigenvalue weighted by Crippen LogP contribution is 2.33. The van der Waals surface area contributed by atoms with Gasteiger partial charge in [0, 0.05) is 17.0 Å². The molecule has 0 aliphatic carbocycles. The van der Waals surface area contributed by atoms with E-state index in [-0.39, 0.29) is 5.82 Å². The van der Waals surface area contributed by atoms with Crippen LogP contribution in [0, 0.1) is 12.7 Å². The van der Waals surface area contributed by atoms with Crippen LogP contribution >= 0.6 is 11.3 Å². The maximum atomic E-state index is 13.8. The van der Waals surface area contributed by atoms with E-state index >= 15 is 0 Å². The highest BCUT2D eigenvalue weighted by atomic mass is 32.1. The third-order valence-electron chi connectivity index (χ3n) is 2.81. The van der Waals surface area contributed by atoms with E-state index in [9.17, 15) is 4.39 Å². The molecule has 0 amide bonds. The number of benzene rings is 1. The monoisotopic (exact) mass is 264 g/mol. The molecule has 18 heavy (non-hydrogen) atoms. The third-order valence-corrected chi connectivity index (χ3v) is 3.94. The lowest BCUT2D eigenvalue weighted by atomic mass is 10.1. The van der Waals surface area contributed by atoms with Crippen LogP contribution in [0.5, 0.6) is 0 Å². The lowest BCUT2D eigenvalue weighted by molar-refractivity contribution is 0.630. The molecule has 0 saturated carbocycles. The minimum absolute atomic E-state index is 0.228. The maximum Gasteiger partial charge on any atom is 0.133 e. The number of hydrogen-bond acceptors (Lipinski definition) is 3. The summed E-state index contributed by atoms with van der Waals surface area (Å²) in [6.07, 6.45) is 0. The molecule has 0 atom stereocenters. The second-order valence-electron chi connectivity index (χ2n) is 4.67. The second kappa shape index (κ2) is 5.16. The van der Waals surface area contributed by atoms with Crippen LogP contribution in [0.4, 0.5) is 4.39 Å². The Morgan fingerprint density at radius 3 is 2.67 bits per heavy atom. The molecule has 1 aromatic heterocycles. The summed E-state index contributed by atoms with van der Waals surface area (Å²) in [6, 6.07) is 5.08. The summed E-state index contributed by atoms with van der Waals surface area (Å²) >= 11 is 1.49. The summed E-state index contributed by atoms with van der Waals surface area (Å²) in [5, 5.41) is 0.723. The first-order valence-electron chi connectivity index (χ1n) is 5.99. The van der Waals surface area contributed by atoms with Gasteiger partial charge in [-0.25, -0.2) is 9.37 Å². The van der Waals surface area contributed by atoms with Crippen LogP contribution < -0.4 is 5.73 Å². The number of nitrogens with two attached hydrogens (primary N) is 1. The molecule has 0 spiro atoms. The van der Waals surface area contributed by atoms with Crippen molar-refractivity contribution in [2.75, 3.05) is 0 Å². The number of aromatic nitrogens is 1. The second-order valence-corrected chi connectivity index (χ2v) is 5.75. The van der Waals surface area contributed by atoms with Crippen molar-refractivity contribution >= 4 is 11.3 Å². The highest BCUT2D eigenvalue weighted by Gasteiger charge is 2.16. The van der Waals surface area contributed by atoms with Crippen LogP contribution in [0.1, 0.15) is 35.9 Å². The van der Waals surface area contributed by atoms with E-state index in [4.69, 9.17) is 5.73 Å². The molecule has 1 aromatic carbocycles. The summed E-state index contributed by atoms with van der Waals surface area (Å²) in [4.78, 5) is 5.59. The molecule has 4 heteroatoms. The first-order valence-corrected chi connectivity index (χ1v) is 6.80. The maximum absolute atomic E-state index is 13.8. The Bertz CT molecular complexity index is 561. The first-order chi connectivity index (χ1) is 8.52.